The quantitative estimate of drug-likeness (QED) is 0.704. The third kappa shape index (κ3) is 3.33. The van der Waals surface area contributed by atoms with Crippen molar-refractivity contribution in [3.8, 4) is 11.5 Å². The molecule has 1 unspecified atom stereocenters. The zero-order valence-corrected chi connectivity index (χ0v) is 19.1. The minimum Gasteiger partial charge on any atom is -0.497 e. The van der Waals surface area contributed by atoms with E-state index in [1.165, 1.54) is 31.7 Å². The molecule has 4 aliphatic carbocycles. The summed E-state index contributed by atoms with van der Waals surface area (Å²) < 4.78 is 25.6. The van der Waals surface area contributed by atoms with E-state index in [-0.39, 0.29) is 5.82 Å². The number of allylic oxidation sites excluding steroid dienone is 1. The normalized spacial score (nSPS) is 28.3. The van der Waals surface area contributed by atoms with Crippen LogP contribution in [-0.4, -0.2) is 30.1 Å². The molecule has 3 saturated carbocycles. The van der Waals surface area contributed by atoms with Crippen molar-refractivity contribution in [3.63, 3.8) is 0 Å². The Morgan fingerprint density at radius 2 is 1.97 bits per heavy atom. The second kappa shape index (κ2) is 8.01. The summed E-state index contributed by atoms with van der Waals surface area (Å²) in [5, 5.41) is 4.34. The Labute approximate surface area is 193 Å². The van der Waals surface area contributed by atoms with Crippen LogP contribution >= 0.6 is 0 Å². The van der Waals surface area contributed by atoms with Gasteiger partial charge < -0.3 is 9.47 Å². The fourth-order valence-corrected chi connectivity index (χ4v) is 6.24. The van der Waals surface area contributed by atoms with E-state index < -0.39 is 5.72 Å². The molecule has 6 nitrogen and oxygen atoms in total. The smallest absolute Gasteiger partial charge is 0.166 e. The molecule has 2 aromatic rings. The van der Waals surface area contributed by atoms with E-state index in [1.807, 2.05) is 29.4 Å². The van der Waals surface area contributed by atoms with Crippen LogP contribution in [0.5, 0.6) is 11.5 Å². The molecule has 7 rings (SSSR count). The van der Waals surface area contributed by atoms with Crippen LogP contribution in [0.4, 0.5) is 4.39 Å². The molecule has 5 aliphatic rings. The number of nitrogens with one attached hydrogen (secondary N) is 1. The third-order valence-electron chi connectivity index (χ3n) is 7.97. The van der Waals surface area contributed by atoms with E-state index in [4.69, 9.17) is 14.3 Å². The number of fused-ring (bicyclic) bond motifs is 3. The van der Waals surface area contributed by atoms with Crippen molar-refractivity contribution in [3.05, 3.63) is 64.6 Å². The van der Waals surface area contributed by atoms with Gasteiger partial charge in [-0.05, 0) is 61.8 Å². The highest BCUT2D eigenvalue weighted by molar-refractivity contribution is 5.63. The van der Waals surface area contributed by atoms with Crippen molar-refractivity contribution < 1.29 is 18.7 Å². The van der Waals surface area contributed by atoms with Crippen molar-refractivity contribution in [1.82, 2.24) is 15.7 Å². The summed E-state index contributed by atoms with van der Waals surface area (Å²) in [6.45, 7) is 0.611. The minimum absolute atomic E-state index is 0.183. The Morgan fingerprint density at radius 3 is 2.67 bits per heavy atom. The van der Waals surface area contributed by atoms with Crippen molar-refractivity contribution in [2.75, 3.05) is 14.2 Å². The molecule has 0 aromatic heterocycles. The van der Waals surface area contributed by atoms with Crippen LogP contribution in [0.1, 0.15) is 48.8 Å². The van der Waals surface area contributed by atoms with Gasteiger partial charge >= 0.3 is 0 Å². The third-order valence-corrected chi connectivity index (χ3v) is 7.97. The number of halogens is 1. The lowest BCUT2D eigenvalue weighted by Crippen LogP contribution is -2.59. The number of methoxy groups -OCH3 is 2. The van der Waals surface area contributed by atoms with Crippen LogP contribution in [0.3, 0.4) is 0 Å². The topological polar surface area (TPSA) is 46.2 Å². The molecule has 33 heavy (non-hydrogen) atoms. The lowest BCUT2D eigenvalue weighted by molar-refractivity contribution is -0.207. The van der Waals surface area contributed by atoms with Gasteiger partial charge in [-0.3, -0.25) is 4.84 Å². The van der Waals surface area contributed by atoms with E-state index in [9.17, 15) is 4.39 Å². The Morgan fingerprint density at radius 1 is 1.12 bits per heavy atom. The molecule has 1 atom stereocenters. The number of ether oxygens (including phenoxy) is 2. The molecule has 0 radical (unpaired) electrons. The molecule has 1 saturated heterocycles. The minimum atomic E-state index is -0.416. The number of benzene rings is 2. The van der Waals surface area contributed by atoms with Gasteiger partial charge in [0.1, 0.15) is 17.3 Å². The highest BCUT2D eigenvalue weighted by atomic mass is 19.1. The predicted molar refractivity (Wildman–Crippen MR) is 122 cm³/mol. The van der Waals surface area contributed by atoms with Gasteiger partial charge in [0.2, 0.25) is 0 Å². The van der Waals surface area contributed by atoms with Crippen molar-refractivity contribution >= 4 is 6.08 Å². The summed E-state index contributed by atoms with van der Waals surface area (Å²) in [4.78, 5) is 6.47. The first-order chi connectivity index (χ1) is 16.1. The van der Waals surface area contributed by atoms with E-state index in [0.29, 0.717) is 30.4 Å². The van der Waals surface area contributed by atoms with E-state index in [0.717, 1.165) is 34.7 Å². The number of rotatable bonds is 5. The number of hydrogen-bond acceptors (Lipinski definition) is 6. The second-order valence-corrected chi connectivity index (χ2v) is 9.63. The zero-order valence-electron chi connectivity index (χ0n) is 19.1. The molecule has 1 spiro atoms. The zero-order chi connectivity index (χ0) is 22.6. The highest BCUT2D eigenvalue weighted by Crippen LogP contribution is 2.53. The Hall–Kier alpha value is -2.61. The summed E-state index contributed by atoms with van der Waals surface area (Å²) in [5.41, 5.74) is 6.53. The number of nitrogens with zero attached hydrogens (tertiary/aromatic N) is 2. The van der Waals surface area contributed by atoms with E-state index in [2.05, 4.69) is 16.7 Å². The van der Waals surface area contributed by atoms with Gasteiger partial charge in [-0.25, -0.2) is 9.51 Å². The number of hydrogen-bond donors (Lipinski definition) is 1. The molecule has 1 aliphatic heterocycles. The van der Waals surface area contributed by atoms with Gasteiger partial charge in [0.05, 0.1) is 26.5 Å². The summed E-state index contributed by atoms with van der Waals surface area (Å²) >= 11 is 0. The van der Waals surface area contributed by atoms with Gasteiger partial charge in [-0.1, -0.05) is 23.8 Å². The molecule has 0 amide bonds. The SMILES string of the molecule is COc1ccc(CN2N(C3=Cc4c(F)cccc4C3)NOC23CC2CCC3CC2)c(OC)c1. The molecule has 1 heterocycles. The molecule has 7 heteroatoms. The maximum Gasteiger partial charge on any atom is 0.166 e. The number of hydrazine groups is 2. The van der Waals surface area contributed by atoms with Gasteiger partial charge in [0, 0.05) is 29.5 Å². The van der Waals surface area contributed by atoms with Crippen LogP contribution < -0.4 is 15.1 Å². The van der Waals surface area contributed by atoms with Gasteiger partial charge in [-0.15, -0.1) is 0 Å². The van der Waals surface area contributed by atoms with Crippen molar-refractivity contribution in [1.29, 1.82) is 0 Å². The van der Waals surface area contributed by atoms with Gasteiger partial charge in [0.15, 0.2) is 5.72 Å². The summed E-state index contributed by atoms with van der Waals surface area (Å²) in [7, 11) is 3.34. The largest absolute Gasteiger partial charge is 0.497 e. The molecular weight excluding hydrogens is 421 g/mol. The first-order valence-corrected chi connectivity index (χ1v) is 11.8. The molecule has 174 valence electrons. The molecule has 4 fully saturated rings. The molecule has 1 N–H and O–H groups in total. The standard InChI is InChI=1S/C26H30FN3O3/c1-31-22-11-8-19(25(14-22)32-2)16-29-26(15-17-6-9-20(26)10-7-17)33-28-30(29)21-12-18-4-3-5-24(27)23(18)13-21/h3-5,8,11,13-14,17,20,28H,6-7,9-10,12,15-16H2,1-2H3. The lowest BCUT2D eigenvalue weighted by atomic mass is 9.65. The van der Waals surface area contributed by atoms with Crippen LogP contribution in [-0.2, 0) is 17.8 Å². The lowest BCUT2D eigenvalue weighted by Gasteiger charge is -2.51. The van der Waals surface area contributed by atoms with Crippen LogP contribution in [0.25, 0.3) is 6.08 Å². The van der Waals surface area contributed by atoms with E-state index >= 15 is 0 Å². The van der Waals surface area contributed by atoms with Crippen LogP contribution in [0.2, 0.25) is 0 Å². The van der Waals surface area contributed by atoms with Gasteiger partial charge in [-0.2, -0.15) is 5.01 Å². The molecular formula is C26H30FN3O3. The van der Waals surface area contributed by atoms with E-state index in [1.54, 1.807) is 20.3 Å². The monoisotopic (exact) mass is 451 g/mol. The molecule has 2 aromatic carbocycles. The highest BCUT2D eigenvalue weighted by Gasteiger charge is 2.58. The van der Waals surface area contributed by atoms with Gasteiger partial charge in [0.25, 0.3) is 0 Å². The maximum absolute atomic E-state index is 14.5. The first-order valence-electron chi connectivity index (χ1n) is 11.8. The first kappa shape index (κ1) is 21.0. The van der Waals surface area contributed by atoms with Crippen molar-refractivity contribution in [2.45, 2.75) is 50.8 Å². The second-order valence-electron chi connectivity index (χ2n) is 9.63. The molecule has 2 bridgehead atoms. The van der Waals surface area contributed by atoms with Crippen LogP contribution in [0.15, 0.2) is 42.1 Å². The van der Waals surface area contributed by atoms with Crippen molar-refractivity contribution in [2.24, 2.45) is 11.8 Å². The van der Waals surface area contributed by atoms with Crippen LogP contribution in [0, 0.1) is 17.7 Å². The Balaban J connectivity index is 1.38. The summed E-state index contributed by atoms with van der Waals surface area (Å²) in [6.07, 6.45) is 8.48. The Kier molecular flexibility index (Phi) is 5.09. The average Bonchev–Trinajstić information content (AvgIpc) is 3.43. The maximum atomic E-state index is 14.5. The fraction of sp³-hybridized carbons (Fsp3) is 0.462. The average molecular weight is 452 g/mol. The summed E-state index contributed by atoms with van der Waals surface area (Å²) in [5.74, 6) is 2.48. The Bertz CT molecular complexity index is 1100. The summed E-state index contributed by atoms with van der Waals surface area (Å²) in [6, 6.07) is 11.2. The fourth-order valence-electron chi connectivity index (χ4n) is 6.24. The predicted octanol–water partition coefficient (Wildman–Crippen LogP) is 4.82.